The number of aromatic amines is 1. The molecule has 1 aliphatic rings. The topological polar surface area (TPSA) is 19.0 Å². The van der Waals surface area contributed by atoms with E-state index in [1.807, 2.05) is 6.07 Å². The number of nitrogens with zero attached hydrogens (tertiary/aromatic N) is 1. The fourth-order valence-electron chi connectivity index (χ4n) is 3.60. The second kappa shape index (κ2) is 5.88. The van der Waals surface area contributed by atoms with Gasteiger partial charge in [0.25, 0.3) is 0 Å². The van der Waals surface area contributed by atoms with Crippen LogP contribution in [0, 0.1) is 0 Å². The van der Waals surface area contributed by atoms with E-state index in [-0.39, 0.29) is 0 Å². The molecule has 0 saturated carbocycles. The first kappa shape index (κ1) is 14.6. The molecular weight excluding hydrogens is 304 g/mol. The first-order valence-electron chi connectivity index (χ1n) is 7.93. The first-order valence-corrected chi connectivity index (χ1v) is 8.31. The highest BCUT2D eigenvalue weighted by Gasteiger charge is 2.27. The van der Waals surface area contributed by atoms with Gasteiger partial charge in [-0.3, -0.25) is 4.90 Å². The van der Waals surface area contributed by atoms with Gasteiger partial charge < -0.3 is 4.98 Å². The van der Waals surface area contributed by atoms with Crippen molar-refractivity contribution in [3.05, 3.63) is 83.0 Å². The Bertz CT molecular complexity index is 851. The minimum atomic E-state index is 0.328. The molecule has 1 aliphatic heterocycles. The Morgan fingerprint density at radius 1 is 1.22 bits per heavy atom. The summed E-state index contributed by atoms with van der Waals surface area (Å²) >= 11 is 6.19. The van der Waals surface area contributed by atoms with Gasteiger partial charge in [-0.25, -0.2) is 0 Å². The Morgan fingerprint density at radius 2 is 2.04 bits per heavy atom. The van der Waals surface area contributed by atoms with Gasteiger partial charge in [-0.1, -0.05) is 48.0 Å². The molecule has 0 bridgehead atoms. The van der Waals surface area contributed by atoms with E-state index in [4.69, 9.17) is 11.6 Å². The lowest BCUT2D eigenvalue weighted by Crippen LogP contribution is -2.32. The summed E-state index contributed by atoms with van der Waals surface area (Å²) in [7, 11) is 0. The third-order valence-electron chi connectivity index (χ3n) is 4.62. The maximum atomic E-state index is 6.19. The number of fused-ring (bicyclic) bond motifs is 3. The van der Waals surface area contributed by atoms with Gasteiger partial charge in [0.05, 0.1) is 0 Å². The van der Waals surface area contributed by atoms with Gasteiger partial charge in [0, 0.05) is 47.2 Å². The Labute approximate surface area is 141 Å². The summed E-state index contributed by atoms with van der Waals surface area (Å²) in [5.74, 6) is 0.328. The average Bonchev–Trinajstić information content (AvgIpc) is 2.92. The standard InChI is InChI=1S/C20H19ClN2/c1-2-15-12-23(11-14-6-4-3-5-7-14)13-19-20(15)17-10-16(21)8-9-18(17)22-19/h2-10,15,22H,1,11-13H2/t15-/m0/s1. The quantitative estimate of drug-likeness (QED) is 0.664. The summed E-state index contributed by atoms with van der Waals surface area (Å²) in [6.45, 7) is 6.94. The molecule has 0 saturated heterocycles. The van der Waals surface area contributed by atoms with Crippen molar-refractivity contribution in [3.63, 3.8) is 0 Å². The van der Waals surface area contributed by atoms with E-state index < -0.39 is 0 Å². The summed E-state index contributed by atoms with van der Waals surface area (Å²) in [5.41, 5.74) is 5.15. The van der Waals surface area contributed by atoms with Gasteiger partial charge in [-0.05, 0) is 29.3 Å². The van der Waals surface area contributed by atoms with Crippen LogP contribution in [0.3, 0.4) is 0 Å². The molecule has 1 N–H and O–H groups in total. The number of aromatic nitrogens is 1. The van der Waals surface area contributed by atoms with Crippen molar-refractivity contribution in [2.24, 2.45) is 0 Å². The van der Waals surface area contributed by atoms with E-state index in [1.54, 1.807) is 0 Å². The SMILES string of the molecule is C=C[C@H]1CN(Cc2ccccc2)Cc2[nH]c3ccc(Cl)cc3c21. The third-order valence-corrected chi connectivity index (χ3v) is 4.86. The molecule has 4 rings (SSSR count). The van der Waals surface area contributed by atoms with Gasteiger partial charge in [0.2, 0.25) is 0 Å². The van der Waals surface area contributed by atoms with Crippen LogP contribution in [0.15, 0.2) is 61.2 Å². The van der Waals surface area contributed by atoms with E-state index in [0.29, 0.717) is 5.92 Å². The van der Waals surface area contributed by atoms with E-state index in [9.17, 15) is 0 Å². The summed E-state index contributed by atoms with van der Waals surface area (Å²) in [6.07, 6.45) is 2.06. The zero-order valence-electron chi connectivity index (χ0n) is 12.9. The molecule has 23 heavy (non-hydrogen) atoms. The highest BCUT2D eigenvalue weighted by Crippen LogP contribution is 2.36. The number of hydrogen-bond donors (Lipinski definition) is 1. The van der Waals surface area contributed by atoms with Crippen LogP contribution >= 0.6 is 11.6 Å². The number of H-pyrrole nitrogens is 1. The lowest BCUT2D eigenvalue weighted by Gasteiger charge is -2.31. The molecule has 3 heteroatoms. The number of benzene rings is 2. The summed E-state index contributed by atoms with van der Waals surface area (Å²) in [6, 6.07) is 16.7. The molecular formula is C20H19ClN2. The normalized spacial score (nSPS) is 18.0. The maximum Gasteiger partial charge on any atom is 0.0460 e. The second-order valence-corrected chi connectivity index (χ2v) is 6.64. The van der Waals surface area contributed by atoms with Gasteiger partial charge in [0.1, 0.15) is 0 Å². The van der Waals surface area contributed by atoms with Crippen LogP contribution in [0.25, 0.3) is 10.9 Å². The molecule has 0 fully saturated rings. The molecule has 2 heterocycles. The van der Waals surface area contributed by atoms with Crippen LogP contribution in [0.2, 0.25) is 5.02 Å². The zero-order valence-corrected chi connectivity index (χ0v) is 13.7. The van der Waals surface area contributed by atoms with Crippen LogP contribution in [-0.2, 0) is 13.1 Å². The maximum absolute atomic E-state index is 6.19. The molecule has 0 aliphatic carbocycles. The Morgan fingerprint density at radius 3 is 2.83 bits per heavy atom. The average molecular weight is 323 g/mol. The van der Waals surface area contributed by atoms with Crippen LogP contribution in [0.1, 0.15) is 22.7 Å². The molecule has 116 valence electrons. The molecule has 0 spiro atoms. The lowest BCUT2D eigenvalue weighted by molar-refractivity contribution is 0.232. The summed E-state index contributed by atoms with van der Waals surface area (Å²) in [4.78, 5) is 6.05. The van der Waals surface area contributed by atoms with E-state index in [2.05, 4.69) is 65.0 Å². The lowest BCUT2D eigenvalue weighted by atomic mass is 9.91. The number of nitrogens with one attached hydrogen (secondary N) is 1. The molecule has 2 nitrogen and oxygen atoms in total. The van der Waals surface area contributed by atoms with Gasteiger partial charge in [-0.15, -0.1) is 6.58 Å². The minimum Gasteiger partial charge on any atom is -0.357 e. The van der Waals surface area contributed by atoms with E-state index in [1.165, 1.54) is 22.2 Å². The highest BCUT2D eigenvalue weighted by atomic mass is 35.5. The van der Waals surface area contributed by atoms with Gasteiger partial charge >= 0.3 is 0 Å². The highest BCUT2D eigenvalue weighted by molar-refractivity contribution is 6.31. The van der Waals surface area contributed by atoms with Gasteiger partial charge in [-0.2, -0.15) is 0 Å². The third kappa shape index (κ3) is 2.69. The second-order valence-electron chi connectivity index (χ2n) is 6.20. The summed E-state index contributed by atoms with van der Waals surface area (Å²) in [5, 5.41) is 2.02. The zero-order chi connectivity index (χ0) is 15.8. The van der Waals surface area contributed by atoms with Crippen molar-refractivity contribution < 1.29 is 0 Å². The molecule has 1 atom stereocenters. The molecule has 0 radical (unpaired) electrons. The monoisotopic (exact) mass is 322 g/mol. The van der Waals surface area contributed by atoms with Crippen molar-refractivity contribution in [1.29, 1.82) is 0 Å². The predicted molar refractivity (Wildman–Crippen MR) is 96.8 cm³/mol. The summed E-state index contributed by atoms with van der Waals surface area (Å²) < 4.78 is 0. The van der Waals surface area contributed by atoms with Crippen LogP contribution in [0.4, 0.5) is 0 Å². The first-order chi connectivity index (χ1) is 11.2. The number of halogens is 1. The number of rotatable bonds is 3. The number of hydrogen-bond acceptors (Lipinski definition) is 1. The molecule has 0 amide bonds. The van der Waals surface area contributed by atoms with E-state index in [0.717, 1.165) is 30.2 Å². The Kier molecular flexibility index (Phi) is 3.72. The largest absolute Gasteiger partial charge is 0.357 e. The van der Waals surface area contributed by atoms with Crippen LogP contribution in [0.5, 0.6) is 0 Å². The van der Waals surface area contributed by atoms with Crippen molar-refractivity contribution in [3.8, 4) is 0 Å². The predicted octanol–water partition coefficient (Wildman–Crippen LogP) is 5.11. The van der Waals surface area contributed by atoms with Crippen molar-refractivity contribution in [1.82, 2.24) is 9.88 Å². The fourth-order valence-corrected chi connectivity index (χ4v) is 3.77. The van der Waals surface area contributed by atoms with E-state index >= 15 is 0 Å². The molecule has 3 aromatic rings. The van der Waals surface area contributed by atoms with Crippen molar-refractivity contribution >= 4 is 22.5 Å². The molecule has 0 unspecified atom stereocenters. The molecule has 2 aromatic carbocycles. The Balaban J connectivity index is 1.71. The van der Waals surface area contributed by atoms with Gasteiger partial charge in [0.15, 0.2) is 0 Å². The van der Waals surface area contributed by atoms with Crippen molar-refractivity contribution in [2.45, 2.75) is 19.0 Å². The fraction of sp³-hybridized carbons (Fsp3) is 0.200. The molecule has 1 aromatic heterocycles. The smallest absolute Gasteiger partial charge is 0.0460 e. The minimum absolute atomic E-state index is 0.328. The Hall–Kier alpha value is -2.03. The van der Waals surface area contributed by atoms with Crippen LogP contribution < -0.4 is 0 Å². The van der Waals surface area contributed by atoms with Crippen LogP contribution in [-0.4, -0.2) is 16.4 Å². The van der Waals surface area contributed by atoms with Crippen molar-refractivity contribution in [2.75, 3.05) is 6.54 Å².